The van der Waals surface area contributed by atoms with Crippen molar-refractivity contribution in [3.8, 4) is 0 Å². The summed E-state index contributed by atoms with van der Waals surface area (Å²) in [6.45, 7) is 4.52. The molecule has 0 aromatic carbocycles. The number of amides is 2. The summed E-state index contributed by atoms with van der Waals surface area (Å²) in [7, 11) is 0. The Kier molecular flexibility index (Phi) is 3.99. The second-order valence-corrected chi connectivity index (χ2v) is 4.83. The molecule has 2 aliphatic heterocycles. The molecule has 1 unspecified atom stereocenters. The Hall–Kier alpha value is -1.10. The molecule has 5 heteroatoms. The highest BCUT2D eigenvalue weighted by atomic mass is 16.2. The summed E-state index contributed by atoms with van der Waals surface area (Å²) in [6, 6.07) is 0.139. The zero-order valence-corrected chi connectivity index (χ0v) is 10.4. The molecule has 2 N–H and O–H groups in total. The third kappa shape index (κ3) is 2.97. The minimum atomic E-state index is -0.288. The van der Waals surface area contributed by atoms with Gasteiger partial charge in [-0.3, -0.25) is 9.59 Å². The van der Waals surface area contributed by atoms with Crippen molar-refractivity contribution in [1.29, 1.82) is 0 Å². The highest BCUT2D eigenvalue weighted by molar-refractivity contribution is 5.90. The van der Waals surface area contributed by atoms with Gasteiger partial charge >= 0.3 is 0 Å². The van der Waals surface area contributed by atoms with E-state index in [0.29, 0.717) is 25.4 Å². The van der Waals surface area contributed by atoms with E-state index in [1.54, 1.807) is 0 Å². The van der Waals surface area contributed by atoms with Crippen molar-refractivity contribution in [2.45, 2.75) is 44.7 Å². The molecule has 0 aliphatic carbocycles. The van der Waals surface area contributed by atoms with E-state index in [0.717, 1.165) is 19.5 Å². The molecule has 2 saturated heterocycles. The average molecular weight is 239 g/mol. The first-order valence-corrected chi connectivity index (χ1v) is 6.52. The molecule has 0 bridgehead atoms. The summed E-state index contributed by atoms with van der Waals surface area (Å²) < 4.78 is 0. The van der Waals surface area contributed by atoms with Crippen molar-refractivity contribution in [2.24, 2.45) is 0 Å². The van der Waals surface area contributed by atoms with Crippen LogP contribution in [0, 0.1) is 0 Å². The van der Waals surface area contributed by atoms with Gasteiger partial charge in [-0.25, -0.2) is 0 Å². The fourth-order valence-electron chi connectivity index (χ4n) is 2.57. The van der Waals surface area contributed by atoms with E-state index >= 15 is 0 Å². The Balaban J connectivity index is 1.88. The van der Waals surface area contributed by atoms with Crippen LogP contribution in [-0.4, -0.2) is 48.4 Å². The van der Waals surface area contributed by atoms with Crippen molar-refractivity contribution in [1.82, 2.24) is 15.5 Å². The molecule has 2 fully saturated rings. The van der Waals surface area contributed by atoms with Crippen LogP contribution in [-0.2, 0) is 9.59 Å². The molecular formula is C12H21N3O2. The molecule has 0 saturated carbocycles. The molecular weight excluding hydrogens is 218 g/mol. The van der Waals surface area contributed by atoms with Crippen molar-refractivity contribution < 1.29 is 9.59 Å². The predicted molar refractivity (Wildman–Crippen MR) is 64.4 cm³/mol. The zero-order chi connectivity index (χ0) is 12.3. The molecule has 0 aromatic heterocycles. The number of carbonyl (C=O) groups excluding carboxylic acids is 2. The molecule has 96 valence electrons. The maximum Gasteiger partial charge on any atom is 0.245 e. The van der Waals surface area contributed by atoms with Gasteiger partial charge in [0.25, 0.3) is 0 Å². The smallest absolute Gasteiger partial charge is 0.245 e. The van der Waals surface area contributed by atoms with Crippen LogP contribution in [0.1, 0.15) is 32.6 Å². The van der Waals surface area contributed by atoms with Crippen molar-refractivity contribution >= 4 is 11.8 Å². The van der Waals surface area contributed by atoms with Gasteiger partial charge in [0.15, 0.2) is 0 Å². The van der Waals surface area contributed by atoms with Crippen LogP contribution in [0.2, 0.25) is 0 Å². The van der Waals surface area contributed by atoms with E-state index in [2.05, 4.69) is 10.6 Å². The van der Waals surface area contributed by atoms with Gasteiger partial charge in [-0.05, 0) is 32.7 Å². The largest absolute Gasteiger partial charge is 0.344 e. The minimum Gasteiger partial charge on any atom is -0.344 e. The lowest BCUT2D eigenvalue weighted by Crippen LogP contribution is -2.48. The van der Waals surface area contributed by atoms with Gasteiger partial charge in [0.05, 0.1) is 0 Å². The average Bonchev–Trinajstić information content (AvgIpc) is 2.96. The van der Waals surface area contributed by atoms with E-state index in [1.807, 2.05) is 11.8 Å². The summed E-state index contributed by atoms with van der Waals surface area (Å²) in [5, 5.41) is 6.14. The number of likely N-dealkylation sites (N-methyl/N-ethyl adjacent to an activating group) is 1. The van der Waals surface area contributed by atoms with Gasteiger partial charge in [0.1, 0.15) is 6.04 Å². The molecule has 5 nitrogen and oxygen atoms in total. The summed E-state index contributed by atoms with van der Waals surface area (Å²) in [5.41, 5.74) is 0. The Labute approximate surface area is 102 Å². The van der Waals surface area contributed by atoms with Crippen LogP contribution >= 0.6 is 0 Å². The first-order valence-electron chi connectivity index (χ1n) is 6.52. The van der Waals surface area contributed by atoms with Crippen LogP contribution in [0.5, 0.6) is 0 Å². The number of nitrogens with zero attached hydrogens (tertiary/aromatic N) is 1. The standard InChI is InChI=1S/C12H21N3O2/c1-2-15(8-9-4-3-7-13-9)12(17)10-5-6-11(16)14-10/h9-10,13H,2-8H2,1H3,(H,14,16)/t9?,10-/m0/s1. The van der Waals surface area contributed by atoms with Crippen LogP contribution in [0.3, 0.4) is 0 Å². The third-order valence-electron chi connectivity index (χ3n) is 3.59. The third-order valence-corrected chi connectivity index (χ3v) is 3.59. The fraction of sp³-hybridized carbons (Fsp3) is 0.833. The normalized spacial score (nSPS) is 28.2. The quantitative estimate of drug-likeness (QED) is 0.718. The van der Waals surface area contributed by atoms with Gasteiger partial charge in [-0.2, -0.15) is 0 Å². The maximum absolute atomic E-state index is 12.2. The van der Waals surface area contributed by atoms with Gasteiger partial charge in [-0.15, -0.1) is 0 Å². The Bertz CT molecular complexity index is 300. The molecule has 2 rings (SSSR count). The molecule has 17 heavy (non-hydrogen) atoms. The highest BCUT2D eigenvalue weighted by Crippen LogP contribution is 2.12. The van der Waals surface area contributed by atoms with E-state index in [1.165, 1.54) is 6.42 Å². The Morgan fingerprint density at radius 1 is 1.47 bits per heavy atom. The molecule has 0 spiro atoms. The highest BCUT2D eigenvalue weighted by Gasteiger charge is 2.31. The fourth-order valence-corrected chi connectivity index (χ4v) is 2.57. The molecule has 2 amide bonds. The van der Waals surface area contributed by atoms with E-state index in [9.17, 15) is 9.59 Å². The molecule has 2 heterocycles. The molecule has 2 aliphatic rings. The second-order valence-electron chi connectivity index (χ2n) is 4.83. The van der Waals surface area contributed by atoms with E-state index in [-0.39, 0.29) is 17.9 Å². The monoisotopic (exact) mass is 239 g/mol. The second kappa shape index (κ2) is 5.49. The molecule has 2 atom stereocenters. The van der Waals surface area contributed by atoms with Crippen LogP contribution in [0.25, 0.3) is 0 Å². The number of carbonyl (C=O) groups is 2. The summed E-state index contributed by atoms with van der Waals surface area (Å²) in [5.74, 6) is 0.0745. The van der Waals surface area contributed by atoms with E-state index < -0.39 is 0 Å². The lowest BCUT2D eigenvalue weighted by Gasteiger charge is -2.27. The first-order chi connectivity index (χ1) is 8.20. The molecule has 0 radical (unpaired) electrons. The van der Waals surface area contributed by atoms with Gasteiger partial charge in [-0.1, -0.05) is 0 Å². The predicted octanol–water partition coefficient (Wildman–Crippen LogP) is -0.134. The first kappa shape index (κ1) is 12.4. The van der Waals surface area contributed by atoms with Gasteiger partial charge in [0.2, 0.25) is 11.8 Å². The SMILES string of the molecule is CCN(CC1CCCN1)C(=O)[C@@H]1CCC(=O)N1. The Morgan fingerprint density at radius 3 is 2.82 bits per heavy atom. The number of hydrogen-bond donors (Lipinski definition) is 2. The topological polar surface area (TPSA) is 61.4 Å². The number of nitrogens with one attached hydrogen (secondary N) is 2. The minimum absolute atomic E-state index is 0.00149. The van der Waals surface area contributed by atoms with Crippen molar-refractivity contribution in [3.63, 3.8) is 0 Å². The lowest BCUT2D eigenvalue weighted by molar-refractivity contribution is -0.134. The number of hydrogen-bond acceptors (Lipinski definition) is 3. The van der Waals surface area contributed by atoms with Crippen molar-refractivity contribution in [2.75, 3.05) is 19.6 Å². The molecule has 0 aromatic rings. The van der Waals surface area contributed by atoms with Gasteiger partial charge in [0, 0.05) is 25.6 Å². The summed E-state index contributed by atoms with van der Waals surface area (Å²) in [4.78, 5) is 25.2. The summed E-state index contributed by atoms with van der Waals surface area (Å²) >= 11 is 0. The number of rotatable bonds is 4. The lowest BCUT2D eigenvalue weighted by atomic mass is 10.1. The maximum atomic E-state index is 12.2. The zero-order valence-electron chi connectivity index (χ0n) is 10.4. The van der Waals surface area contributed by atoms with E-state index in [4.69, 9.17) is 0 Å². The van der Waals surface area contributed by atoms with Crippen LogP contribution < -0.4 is 10.6 Å². The summed E-state index contributed by atoms with van der Waals surface area (Å²) in [6.07, 6.45) is 3.46. The van der Waals surface area contributed by atoms with Crippen LogP contribution in [0.4, 0.5) is 0 Å². The van der Waals surface area contributed by atoms with Crippen LogP contribution in [0.15, 0.2) is 0 Å². The Morgan fingerprint density at radius 2 is 2.29 bits per heavy atom. The van der Waals surface area contributed by atoms with Crippen molar-refractivity contribution in [3.05, 3.63) is 0 Å². The van der Waals surface area contributed by atoms with Gasteiger partial charge < -0.3 is 15.5 Å².